The largest absolute Gasteiger partial charge is 0.343 e. The molecule has 0 aromatic carbocycles. The van der Waals surface area contributed by atoms with Gasteiger partial charge in [-0.1, -0.05) is 0 Å². The van der Waals surface area contributed by atoms with Crippen LogP contribution in [0.5, 0.6) is 0 Å². The van der Waals surface area contributed by atoms with Gasteiger partial charge in [0.25, 0.3) is 0 Å². The van der Waals surface area contributed by atoms with E-state index in [1.54, 1.807) is 11.3 Å². The van der Waals surface area contributed by atoms with Gasteiger partial charge >= 0.3 is 0 Å². The van der Waals surface area contributed by atoms with Crippen LogP contribution in [0.25, 0.3) is 0 Å². The highest BCUT2D eigenvalue weighted by Gasteiger charge is 2.09. The minimum atomic E-state index is 0.227. The third-order valence-electron chi connectivity index (χ3n) is 2.92. The highest BCUT2D eigenvalue weighted by atomic mass is 32.1. The van der Waals surface area contributed by atoms with Crippen molar-refractivity contribution in [2.24, 2.45) is 0 Å². The lowest BCUT2D eigenvalue weighted by Crippen LogP contribution is -2.32. The minimum absolute atomic E-state index is 0.227. The Labute approximate surface area is 113 Å². The standard InChI is InChI=1S/C13H23N3OS/c1-5-16(6-2)13(17)7-8-14-9-12-10(3)15-11(4)18-12/h14H,5-9H2,1-4H3. The number of rotatable bonds is 7. The van der Waals surface area contributed by atoms with Crippen molar-refractivity contribution in [2.45, 2.75) is 40.7 Å². The van der Waals surface area contributed by atoms with E-state index >= 15 is 0 Å². The monoisotopic (exact) mass is 269 g/mol. The number of carbonyl (C=O) groups excluding carboxylic acids is 1. The summed E-state index contributed by atoms with van der Waals surface area (Å²) in [5.41, 5.74) is 1.10. The molecule has 102 valence electrons. The third-order valence-corrected chi connectivity index (χ3v) is 3.99. The van der Waals surface area contributed by atoms with Gasteiger partial charge in [0.05, 0.1) is 10.7 Å². The number of hydrogen-bond acceptors (Lipinski definition) is 4. The van der Waals surface area contributed by atoms with Crippen LogP contribution in [0.1, 0.15) is 35.8 Å². The van der Waals surface area contributed by atoms with E-state index in [1.165, 1.54) is 4.88 Å². The second-order valence-electron chi connectivity index (χ2n) is 4.23. The van der Waals surface area contributed by atoms with Gasteiger partial charge in [0, 0.05) is 37.5 Å². The average molecular weight is 269 g/mol. The molecule has 0 aliphatic carbocycles. The van der Waals surface area contributed by atoms with Crippen molar-refractivity contribution in [2.75, 3.05) is 19.6 Å². The molecule has 0 atom stereocenters. The lowest BCUT2D eigenvalue weighted by Gasteiger charge is -2.18. The van der Waals surface area contributed by atoms with Crippen molar-refractivity contribution in [1.82, 2.24) is 15.2 Å². The van der Waals surface area contributed by atoms with Crippen LogP contribution in [0.3, 0.4) is 0 Å². The summed E-state index contributed by atoms with van der Waals surface area (Å²) in [5.74, 6) is 0.227. The zero-order valence-corrected chi connectivity index (χ0v) is 12.6. The Morgan fingerprint density at radius 3 is 2.50 bits per heavy atom. The maximum absolute atomic E-state index is 11.8. The number of carbonyl (C=O) groups is 1. The van der Waals surface area contributed by atoms with E-state index in [-0.39, 0.29) is 5.91 Å². The normalized spacial score (nSPS) is 10.7. The number of nitrogens with zero attached hydrogens (tertiary/aromatic N) is 2. The Morgan fingerprint density at radius 2 is 2.00 bits per heavy atom. The number of nitrogens with one attached hydrogen (secondary N) is 1. The highest BCUT2D eigenvalue weighted by molar-refractivity contribution is 7.11. The first kappa shape index (κ1) is 15.1. The molecule has 1 N–H and O–H groups in total. The summed E-state index contributed by atoms with van der Waals surface area (Å²) in [7, 11) is 0. The van der Waals surface area contributed by atoms with Gasteiger partial charge < -0.3 is 10.2 Å². The summed E-state index contributed by atoms with van der Waals surface area (Å²) < 4.78 is 0. The third kappa shape index (κ3) is 4.38. The van der Waals surface area contributed by atoms with Crippen molar-refractivity contribution >= 4 is 17.2 Å². The van der Waals surface area contributed by atoms with Crippen LogP contribution < -0.4 is 5.32 Å². The Morgan fingerprint density at radius 1 is 1.33 bits per heavy atom. The second kappa shape index (κ2) is 7.48. The molecular formula is C13H23N3OS. The SMILES string of the molecule is CCN(CC)C(=O)CCNCc1sc(C)nc1C. The minimum Gasteiger partial charge on any atom is -0.343 e. The summed E-state index contributed by atoms with van der Waals surface area (Å²) in [6, 6.07) is 0. The van der Waals surface area contributed by atoms with E-state index in [4.69, 9.17) is 0 Å². The fraction of sp³-hybridized carbons (Fsp3) is 0.692. The fourth-order valence-electron chi connectivity index (χ4n) is 1.87. The summed E-state index contributed by atoms with van der Waals surface area (Å²) in [5, 5.41) is 4.41. The van der Waals surface area contributed by atoms with Crippen LogP contribution >= 0.6 is 11.3 Å². The van der Waals surface area contributed by atoms with E-state index in [0.29, 0.717) is 6.42 Å². The molecule has 0 saturated heterocycles. The smallest absolute Gasteiger partial charge is 0.223 e. The molecule has 18 heavy (non-hydrogen) atoms. The molecule has 4 nitrogen and oxygen atoms in total. The number of thiazole rings is 1. The predicted octanol–water partition coefficient (Wildman–Crippen LogP) is 2.11. The van der Waals surface area contributed by atoms with Crippen molar-refractivity contribution in [1.29, 1.82) is 0 Å². The molecule has 1 rings (SSSR count). The maximum atomic E-state index is 11.8. The van der Waals surface area contributed by atoms with Crippen molar-refractivity contribution in [3.63, 3.8) is 0 Å². The first-order valence-corrected chi connectivity index (χ1v) is 7.31. The van der Waals surface area contributed by atoms with Gasteiger partial charge in [-0.25, -0.2) is 4.98 Å². The summed E-state index contributed by atoms with van der Waals surface area (Å²) in [4.78, 5) is 19.3. The molecule has 0 radical (unpaired) electrons. The maximum Gasteiger partial charge on any atom is 0.223 e. The fourth-order valence-corrected chi connectivity index (χ4v) is 2.78. The van der Waals surface area contributed by atoms with Crippen LogP contribution in [0.2, 0.25) is 0 Å². The quantitative estimate of drug-likeness (QED) is 0.771. The lowest BCUT2D eigenvalue weighted by atomic mass is 10.3. The summed E-state index contributed by atoms with van der Waals surface area (Å²) in [6.45, 7) is 11.2. The molecule has 0 spiro atoms. The molecule has 0 unspecified atom stereocenters. The van der Waals surface area contributed by atoms with Crippen LogP contribution in [0.15, 0.2) is 0 Å². The van der Waals surface area contributed by atoms with Crippen molar-refractivity contribution in [3.8, 4) is 0 Å². The van der Waals surface area contributed by atoms with Gasteiger partial charge in [-0.15, -0.1) is 11.3 Å². The highest BCUT2D eigenvalue weighted by Crippen LogP contribution is 2.16. The van der Waals surface area contributed by atoms with Crippen molar-refractivity contribution in [3.05, 3.63) is 15.6 Å². The van der Waals surface area contributed by atoms with Crippen LogP contribution in [0, 0.1) is 13.8 Å². The molecule has 1 aromatic rings. The van der Waals surface area contributed by atoms with E-state index in [1.807, 2.05) is 32.6 Å². The molecule has 0 aliphatic heterocycles. The number of aryl methyl sites for hydroxylation is 2. The molecule has 0 bridgehead atoms. The van der Waals surface area contributed by atoms with E-state index in [9.17, 15) is 4.79 Å². The first-order chi connectivity index (χ1) is 8.58. The first-order valence-electron chi connectivity index (χ1n) is 6.49. The van der Waals surface area contributed by atoms with Crippen LogP contribution in [-0.4, -0.2) is 35.4 Å². The molecular weight excluding hydrogens is 246 g/mol. The van der Waals surface area contributed by atoms with E-state index in [2.05, 4.69) is 10.3 Å². The Balaban J connectivity index is 2.26. The predicted molar refractivity (Wildman–Crippen MR) is 75.8 cm³/mol. The van der Waals surface area contributed by atoms with Gasteiger partial charge in [0.2, 0.25) is 5.91 Å². The molecule has 0 saturated carbocycles. The Kier molecular flexibility index (Phi) is 6.29. The summed E-state index contributed by atoms with van der Waals surface area (Å²) in [6.07, 6.45) is 0.568. The van der Waals surface area contributed by atoms with E-state index < -0.39 is 0 Å². The van der Waals surface area contributed by atoms with Crippen LogP contribution in [-0.2, 0) is 11.3 Å². The van der Waals surface area contributed by atoms with Gasteiger partial charge in [0.1, 0.15) is 0 Å². The molecule has 5 heteroatoms. The number of aromatic nitrogens is 1. The summed E-state index contributed by atoms with van der Waals surface area (Å²) >= 11 is 1.72. The topological polar surface area (TPSA) is 45.2 Å². The molecule has 1 heterocycles. The Hall–Kier alpha value is -0.940. The van der Waals surface area contributed by atoms with Gasteiger partial charge in [-0.2, -0.15) is 0 Å². The second-order valence-corrected chi connectivity index (χ2v) is 5.52. The molecule has 0 aliphatic rings. The lowest BCUT2D eigenvalue weighted by molar-refractivity contribution is -0.130. The van der Waals surface area contributed by atoms with E-state index in [0.717, 1.165) is 36.9 Å². The molecule has 0 fully saturated rings. The van der Waals surface area contributed by atoms with Crippen LogP contribution in [0.4, 0.5) is 0 Å². The number of hydrogen-bond donors (Lipinski definition) is 1. The molecule has 1 amide bonds. The zero-order chi connectivity index (χ0) is 13.5. The van der Waals surface area contributed by atoms with Gasteiger partial charge in [-0.3, -0.25) is 4.79 Å². The zero-order valence-electron chi connectivity index (χ0n) is 11.7. The average Bonchev–Trinajstić information content (AvgIpc) is 2.65. The van der Waals surface area contributed by atoms with Gasteiger partial charge in [0.15, 0.2) is 0 Å². The molecule has 1 aromatic heterocycles. The number of amides is 1. The Bertz CT molecular complexity index is 386. The van der Waals surface area contributed by atoms with Gasteiger partial charge in [-0.05, 0) is 27.7 Å². The van der Waals surface area contributed by atoms with Crippen molar-refractivity contribution < 1.29 is 4.79 Å².